The van der Waals surface area contributed by atoms with Crippen molar-refractivity contribution < 1.29 is 13.2 Å². The van der Waals surface area contributed by atoms with Crippen LogP contribution in [0.2, 0.25) is 0 Å². The van der Waals surface area contributed by atoms with E-state index in [1.165, 1.54) is 0 Å². The van der Waals surface area contributed by atoms with E-state index in [1.807, 2.05) is 30.3 Å². The fraction of sp³-hybridized carbons (Fsp3) is 0.174. The minimum Gasteiger partial charge on any atom is -0.384 e. The maximum absolute atomic E-state index is 14.7. The van der Waals surface area contributed by atoms with Gasteiger partial charge in [0.05, 0.1) is 6.04 Å². The number of nitrogens with one attached hydrogen (secondary N) is 2. The Labute approximate surface area is 165 Å². The highest BCUT2D eigenvalue weighted by Crippen LogP contribution is 2.54. The van der Waals surface area contributed by atoms with Crippen LogP contribution in [0.1, 0.15) is 39.8 Å². The van der Waals surface area contributed by atoms with Crippen LogP contribution in [0.3, 0.4) is 0 Å². The monoisotopic (exact) mass is 393 g/mol. The van der Waals surface area contributed by atoms with Crippen molar-refractivity contribution in [3.63, 3.8) is 0 Å². The second-order valence-electron chi connectivity index (χ2n) is 7.67. The van der Waals surface area contributed by atoms with E-state index in [4.69, 9.17) is 11.1 Å². The number of hydrogen-bond acceptors (Lipinski definition) is 2. The van der Waals surface area contributed by atoms with Crippen LogP contribution in [-0.4, -0.2) is 5.84 Å². The van der Waals surface area contributed by atoms with Gasteiger partial charge in [0.2, 0.25) is 0 Å². The highest BCUT2D eigenvalue weighted by atomic mass is 19.1. The van der Waals surface area contributed by atoms with Crippen molar-refractivity contribution in [3.8, 4) is 0 Å². The quantitative estimate of drug-likeness (QED) is 0.430. The zero-order valence-corrected chi connectivity index (χ0v) is 15.3. The molecule has 0 amide bonds. The largest absolute Gasteiger partial charge is 0.384 e. The molecule has 6 heteroatoms. The fourth-order valence-corrected chi connectivity index (χ4v) is 4.86. The number of nitrogens with two attached hydrogens (primary N) is 1. The van der Waals surface area contributed by atoms with Gasteiger partial charge >= 0.3 is 0 Å². The lowest BCUT2D eigenvalue weighted by molar-refractivity contribution is 0.392. The Morgan fingerprint density at radius 3 is 2.41 bits per heavy atom. The normalized spacial score (nSPS) is 21.7. The predicted molar refractivity (Wildman–Crippen MR) is 106 cm³/mol. The Balaban J connectivity index is 1.72. The average molecular weight is 393 g/mol. The third-order valence-corrected chi connectivity index (χ3v) is 6.07. The van der Waals surface area contributed by atoms with E-state index in [0.29, 0.717) is 12.0 Å². The first-order chi connectivity index (χ1) is 13.9. The lowest BCUT2D eigenvalue weighted by Crippen LogP contribution is -2.32. The minimum atomic E-state index is -0.933. The van der Waals surface area contributed by atoms with Gasteiger partial charge in [0.15, 0.2) is 0 Å². The van der Waals surface area contributed by atoms with E-state index in [-0.39, 0.29) is 23.2 Å². The van der Waals surface area contributed by atoms with Gasteiger partial charge in [-0.05, 0) is 47.2 Å². The number of anilines is 1. The third-order valence-electron chi connectivity index (χ3n) is 6.07. The summed E-state index contributed by atoms with van der Waals surface area (Å²) in [6.07, 6.45) is 0.637. The molecule has 1 aliphatic carbocycles. The molecule has 0 spiro atoms. The van der Waals surface area contributed by atoms with Crippen LogP contribution in [0.5, 0.6) is 0 Å². The molecule has 3 atom stereocenters. The van der Waals surface area contributed by atoms with Crippen LogP contribution >= 0.6 is 0 Å². The highest BCUT2D eigenvalue weighted by molar-refractivity contribution is 5.95. The lowest BCUT2D eigenvalue weighted by atomic mass is 9.75. The Morgan fingerprint density at radius 2 is 1.69 bits per heavy atom. The molecule has 1 aliphatic heterocycles. The fourth-order valence-electron chi connectivity index (χ4n) is 4.86. The molecule has 5 rings (SSSR count). The Kier molecular flexibility index (Phi) is 3.91. The number of amidine groups is 1. The molecule has 0 bridgehead atoms. The summed E-state index contributed by atoms with van der Waals surface area (Å²) in [5.41, 5.74) is 10.1. The minimum absolute atomic E-state index is 0.0339. The van der Waals surface area contributed by atoms with E-state index in [2.05, 4.69) is 5.32 Å². The first-order valence-corrected chi connectivity index (χ1v) is 9.41. The second kappa shape index (κ2) is 6.37. The predicted octanol–water partition coefficient (Wildman–Crippen LogP) is 4.86. The highest BCUT2D eigenvalue weighted by Gasteiger charge is 2.45. The third kappa shape index (κ3) is 2.70. The number of benzene rings is 3. The van der Waals surface area contributed by atoms with Crippen LogP contribution in [0.15, 0.2) is 54.6 Å². The smallest absolute Gasteiger partial charge is 0.134 e. The van der Waals surface area contributed by atoms with Crippen molar-refractivity contribution >= 4 is 11.5 Å². The molecule has 0 radical (unpaired) electrons. The molecule has 3 unspecified atom stereocenters. The summed E-state index contributed by atoms with van der Waals surface area (Å²) in [5.74, 6) is -3.00. The van der Waals surface area contributed by atoms with E-state index in [0.717, 1.165) is 34.5 Å². The molecule has 1 heterocycles. The first-order valence-electron chi connectivity index (χ1n) is 9.41. The summed E-state index contributed by atoms with van der Waals surface area (Å²) in [6, 6.07) is 14.1. The van der Waals surface area contributed by atoms with E-state index in [9.17, 15) is 13.2 Å². The number of nitrogen functional groups attached to an aromatic ring is 1. The molecule has 0 saturated heterocycles. The zero-order chi connectivity index (χ0) is 20.3. The SMILES string of the molecule is N=C(N)c1ccc2c(c1)C1c3ccccc3CC1C(c1c(F)cc(F)cc1F)N2. The van der Waals surface area contributed by atoms with Gasteiger partial charge < -0.3 is 11.1 Å². The molecule has 0 fully saturated rings. The maximum Gasteiger partial charge on any atom is 0.134 e. The number of fused-ring (bicyclic) bond motifs is 5. The molecule has 3 aromatic rings. The van der Waals surface area contributed by atoms with Gasteiger partial charge in [0.1, 0.15) is 23.3 Å². The summed E-state index contributed by atoms with van der Waals surface area (Å²) in [5, 5.41) is 11.0. The van der Waals surface area contributed by atoms with Gasteiger partial charge in [0.25, 0.3) is 0 Å². The van der Waals surface area contributed by atoms with E-state index in [1.54, 1.807) is 12.1 Å². The second-order valence-corrected chi connectivity index (χ2v) is 7.67. The van der Waals surface area contributed by atoms with Gasteiger partial charge in [0, 0.05) is 34.9 Å². The van der Waals surface area contributed by atoms with Crippen molar-refractivity contribution in [3.05, 3.63) is 99.9 Å². The van der Waals surface area contributed by atoms with Crippen molar-refractivity contribution in [2.75, 3.05) is 5.32 Å². The van der Waals surface area contributed by atoms with Crippen molar-refractivity contribution in [2.24, 2.45) is 11.7 Å². The molecule has 3 aromatic carbocycles. The van der Waals surface area contributed by atoms with Crippen LogP contribution in [-0.2, 0) is 6.42 Å². The number of hydrogen-bond donors (Lipinski definition) is 3. The van der Waals surface area contributed by atoms with Gasteiger partial charge in [-0.3, -0.25) is 5.41 Å². The summed E-state index contributed by atoms with van der Waals surface area (Å²) in [6.45, 7) is 0. The van der Waals surface area contributed by atoms with Crippen LogP contribution < -0.4 is 11.1 Å². The molecule has 0 saturated carbocycles. The van der Waals surface area contributed by atoms with Gasteiger partial charge in [-0.1, -0.05) is 24.3 Å². The molecule has 3 nitrogen and oxygen atoms in total. The summed E-state index contributed by atoms with van der Waals surface area (Å²) in [4.78, 5) is 0. The molecular formula is C23H18F3N3. The van der Waals surface area contributed by atoms with Gasteiger partial charge in [-0.2, -0.15) is 0 Å². The Morgan fingerprint density at radius 1 is 0.966 bits per heavy atom. The molecule has 2 aliphatic rings. The standard InChI is InChI=1S/C23H18F3N3/c24-13-9-17(25)21(18(26)10-13)22-16-7-11-3-1-2-4-14(11)20(16)15-8-12(23(27)28)5-6-19(15)29-22/h1-6,8-10,16,20,22,29H,7H2,(H3,27,28). The van der Waals surface area contributed by atoms with Gasteiger partial charge in [-0.15, -0.1) is 0 Å². The summed E-state index contributed by atoms with van der Waals surface area (Å²) < 4.78 is 42.8. The van der Waals surface area contributed by atoms with Crippen LogP contribution in [0.4, 0.5) is 18.9 Å². The Bertz CT molecular complexity index is 1130. The molecular weight excluding hydrogens is 375 g/mol. The lowest BCUT2D eigenvalue weighted by Gasteiger charge is -2.38. The average Bonchev–Trinajstić information content (AvgIpc) is 3.07. The van der Waals surface area contributed by atoms with Crippen molar-refractivity contribution in [2.45, 2.75) is 18.4 Å². The first kappa shape index (κ1) is 17.8. The number of halogens is 3. The summed E-state index contributed by atoms with van der Waals surface area (Å²) >= 11 is 0. The topological polar surface area (TPSA) is 61.9 Å². The summed E-state index contributed by atoms with van der Waals surface area (Å²) in [7, 11) is 0. The van der Waals surface area contributed by atoms with Gasteiger partial charge in [-0.25, -0.2) is 13.2 Å². The molecule has 4 N–H and O–H groups in total. The van der Waals surface area contributed by atoms with Crippen LogP contribution in [0.25, 0.3) is 0 Å². The maximum atomic E-state index is 14.7. The van der Waals surface area contributed by atoms with Crippen molar-refractivity contribution in [1.29, 1.82) is 5.41 Å². The zero-order valence-electron chi connectivity index (χ0n) is 15.3. The Hall–Kier alpha value is -3.28. The molecule has 146 valence electrons. The van der Waals surface area contributed by atoms with E-state index >= 15 is 0 Å². The molecule has 29 heavy (non-hydrogen) atoms. The van der Waals surface area contributed by atoms with Crippen molar-refractivity contribution in [1.82, 2.24) is 0 Å². The van der Waals surface area contributed by atoms with Crippen LogP contribution in [0, 0.1) is 28.8 Å². The van der Waals surface area contributed by atoms with E-state index < -0.39 is 23.5 Å². The molecule has 0 aromatic heterocycles. The number of rotatable bonds is 2.